The number of pyridine rings is 2. The van der Waals surface area contributed by atoms with Gasteiger partial charge in [0.15, 0.2) is 11.5 Å². The monoisotopic (exact) mass is 660 g/mol. The van der Waals surface area contributed by atoms with E-state index in [-0.39, 0.29) is 17.6 Å². The van der Waals surface area contributed by atoms with Gasteiger partial charge in [-0.15, -0.1) is 14.5 Å². The molecular formula is C31H32ClF3N6O3S. The van der Waals surface area contributed by atoms with Gasteiger partial charge in [0.2, 0.25) is 10.7 Å². The molecule has 0 amide bonds. The zero-order valence-corrected chi connectivity index (χ0v) is 26.5. The van der Waals surface area contributed by atoms with Crippen molar-refractivity contribution in [3.8, 4) is 0 Å². The number of carboxylic acid groups (broad SMARTS) is 1. The van der Waals surface area contributed by atoms with Crippen LogP contribution in [0.4, 0.5) is 19.0 Å². The summed E-state index contributed by atoms with van der Waals surface area (Å²) in [7, 11) is 0. The van der Waals surface area contributed by atoms with Crippen molar-refractivity contribution < 1.29 is 27.6 Å². The number of benzene rings is 1. The van der Waals surface area contributed by atoms with Crippen LogP contribution in [0.15, 0.2) is 47.6 Å². The molecule has 1 N–H and O–H groups in total. The normalized spacial score (nSPS) is 21.3. The molecule has 6 rings (SSSR count). The zero-order valence-electron chi connectivity index (χ0n) is 24.9. The lowest BCUT2D eigenvalue weighted by Gasteiger charge is -2.44. The average Bonchev–Trinajstić information content (AvgIpc) is 3.40. The molecule has 0 aliphatic carbocycles. The minimum Gasteiger partial charge on any atom is -0.593 e. The summed E-state index contributed by atoms with van der Waals surface area (Å²) in [6, 6.07) is 8.87. The number of alkyl halides is 3. The first-order chi connectivity index (χ1) is 21.3. The summed E-state index contributed by atoms with van der Waals surface area (Å²) in [5.41, 5.74) is 3.13. The van der Waals surface area contributed by atoms with Gasteiger partial charge in [-0.05, 0) is 73.9 Å². The van der Waals surface area contributed by atoms with Crippen LogP contribution < -0.4 is 4.90 Å². The molecule has 9 nitrogen and oxygen atoms in total. The standard InChI is InChI=1S/C31H32ClF3N6O3S/c1-18-6-7-20(24(14-26(42)43)23-8-11-40-27(19(23)2)37-38-29(40)31(33,34)35)12-21(18)16-39-17-30(3)9-4-5-10-41(30)28-25(45(39)44)13-22(32)15-36-28/h6-8,11-13,15,24H,4-5,9-10,14,16-17H2,1-3H3,(H,42,43). The third-order valence-electron chi connectivity index (χ3n) is 8.99. The Bertz CT molecular complexity index is 1790. The Kier molecular flexibility index (Phi) is 8.25. The van der Waals surface area contributed by atoms with Gasteiger partial charge in [0.25, 0.3) is 0 Å². The van der Waals surface area contributed by atoms with Crippen LogP contribution in [0, 0.1) is 13.8 Å². The minimum absolute atomic E-state index is 0.0127. The Morgan fingerprint density at radius 2 is 1.98 bits per heavy atom. The summed E-state index contributed by atoms with van der Waals surface area (Å²) < 4.78 is 57.4. The van der Waals surface area contributed by atoms with E-state index in [1.807, 2.05) is 29.4 Å². The Labute approximate surface area is 266 Å². The predicted octanol–water partition coefficient (Wildman–Crippen LogP) is 6.31. The number of aryl methyl sites for hydroxylation is 2. The maximum absolute atomic E-state index is 14.2. The van der Waals surface area contributed by atoms with E-state index in [9.17, 15) is 27.6 Å². The summed E-state index contributed by atoms with van der Waals surface area (Å²) in [5.74, 6) is -2.20. The molecule has 0 radical (unpaired) electrons. The van der Waals surface area contributed by atoms with Crippen LogP contribution in [0.5, 0.6) is 0 Å². The van der Waals surface area contributed by atoms with Crippen LogP contribution in [0.3, 0.4) is 0 Å². The lowest BCUT2D eigenvalue weighted by molar-refractivity contribution is -0.145. The van der Waals surface area contributed by atoms with Crippen molar-refractivity contribution in [2.24, 2.45) is 0 Å². The Balaban J connectivity index is 1.39. The lowest BCUT2D eigenvalue weighted by atomic mass is 9.85. The molecule has 238 valence electrons. The molecule has 14 heteroatoms. The quantitative estimate of drug-likeness (QED) is 0.240. The van der Waals surface area contributed by atoms with E-state index >= 15 is 0 Å². The fourth-order valence-corrected chi connectivity index (χ4v) is 8.36. The van der Waals surface area contributed by atoms with Crippen LogP contribution in [-0.2, 0) is 28.9 Å². The predicted molar refractivity (Wildman–Crippen MR) is 164 cm³/mol. The van der Waals surface area contributed by atoms with Crippen molar-refractivity contribution in [3.05, 3.63) is 81.4 Å². The molecule has 3 aromatic heterocycles. The Morgan fingerprint density at radius 3 is 2.71 bits per heavy atom. The maximum Gasteiger partial charge on any atom is 0.452 e. The number of fused-ring (bicyclic) bond motifs is 4. The lowest BCUT2D eigenvalue weighted by Crippen LogP contribution is -2.55. The largest absolute Gasteiger partial charge is 0.593 e. The van der Waals surface area contributed by atoms with E-state index in [4.69, 9.17) is 11.6 Å². The number of nitrogens with zero attached hydrogens (tertiary/aromatic N) is 6. The Hall–Kier alpha value is -3.39. The molecule has 5 heterocycles. The SMILES string of the molecule is Cc1ccc(C(CC(=O)O)c2ccn3c(C(F)(F)F)nnc3c2C)cc1CN1CC2(C)CCCCN2c2ncc(Cl)cc2[S+]1[O-]. The van der Waals surface area contributed by atoms with E-state index in [1.165, 1.54) is 12.3 Å². The summed E-state index contributed by atoms with van der Waals surface area (Å²) in [5, 5.41) is 17.4. The molecule has 0 spiro atoms. The molecular weight excluding hydrogens is 629 g/mol. The van der Waals surface area contributed by atoms with Gasteiger partial charge in [-0.2, -0.15) is 13.2 Å². The molecule has 0 bridgehead atoms. The topological polar surface area (TPSA) is 110 Å². The van der Waals surface area contributed by atoms with Crippen LogP contribution in [-0.4, -0.2) is 58.1 Å². The second-order valence-electron chi connectivity index (χ2n) is 12.1. The van der Waals surface area contributed by atoms with Crippen molar-refractivity contribution in [2.75, 3.05) is 18.0 Å². The fourth-order valence-electron chi connectivity index (χ4n) is 6.66. The molecule has 3 atom stereocenters. The molecule has 4 aromatic rings. The van der Waals surface area contributed by atoms with Crippen LogP contribution >= 0.6 is 11.6 Å². The second-order valence-corrected chi connectivity index (χ2v) is 14.0. The summed E-state index contributed by atoms with van der Waals surface area (Å²) in [4.78, 5) is 19.5. The van der Waals surface area contributed by atoms with E-state index in [2.05, 4.69) is 27.0 Å². The zero-order chi connectivity index (χ0) is 32.3. The fraction of sp³-hybridized carbons (Fsp3) is 0.419. The molecule has 3 unspecified atom stereocenters. The van der Waals surface area contributed by atoms with Crippen LogP contribution in [0.25, 0.3) is 5.65 Å². The number of hydrogen-bond acceptors (Lipinski definition) is 7. The van der Waals surface area contributed by atoms with Gasteiger partial charge in [0.05, 0.1) is 41.4 Å². The molecule has 2 aliphatic rings. The smallest absolute Gasteiger partial charge is 0.452 e. The van der Waals surface area contributed by atoms with Crippen molar-refractivity contribution in [3.63, 3.8) is 0 Å². The average molecular weight is 661 g/mol. The molecule has 45 heavy (non-hydrogen) atoms. The first-order valence-electron chi connectivity index (χ1n) is 14.6. The van der Waals surface area contributed by atoms with Crippen molar-refractivity contribution in [2.45, 2.75) is 75.5 Å². The first kappa shape index (κ1) is 31.6. The van der Waals surface area contributed by atoms with Crippen molar-refractivity contribution in [1.82, 2.24) is 23.9 Å². The van der Waals surface area contributed by atoms with E-state index in [0.29, 0.717) is 45.5 Å². The number of aromatic nitrogens is 4. The van der Waals surface area contributed by atoms with Gasteiger partial charge >= 0.3 is 12.1 Å². The minimum atomic E-state index is -4.69. The Morgan fingerprint density at radius 1 is 1.20 bits per heavy atom. The van der Waals surface area contributed by atoms with Gasteiger partial charge in [-0.1, -0.05) is 29.8 Å². The number of halogens is 4. The highest BCUT2D eigenvalue weighted by Crippen LogP contribution is 2.42. The number of rotatable bonds is 6. The summed E-state index contributed by atoms with van der Waals surface area (Å²) in [6.45, 7) is 7.37. The van der Waals surface area contributed by atoms with E-state index in [1.54, 1.807) is 19.2 Å². The number of carboxylic acids is 1. The van der Waals surface area contributed by atoms with Crippen molar-refractivity contribution in [1.29, 1.82) is 0 Å². The highest BCUT2D eigenvalue weighted by atomic mass is 35.5. The van der Waals surface area contributed by atoms with Gasteiger partial charge in [-0.3, -0.25) is 9.20 Å². The maximum atomic E-state index is 14.2. The first-order valence-corrected chi connectivity index (χ1v) is 16.1. The van der Waals surface area contributed by atoms with E-state index < -0.39 is 35.2 Å². The summed E-state index contributed by atoms with van der Waals surface area (Å²) >= 11 is 4.74. The molecule has 2 aliphatic heterocycles. The molecule has 1 aromatic carbocycles. The molecule has 0 saturated carbocycles. The summed E-state index contributed by atoms with van der Waals surface area (Å²) in [6.07, 6.45) is 0.794. The number of piperidine rings is 1. The van der Waals surface area contributed by atoms with Gasteiger partial charge in [-0.25, -0.2) is 4.98 Å². The van der Waals surface area contributed by atoms with Gasteiger partial charge in [0, 0.05) is 30.9 Å². The highest BCUT2D eigenvalue weighted by molar-refractivity contribution is 7.89. The van der Waals surface area contributed by atoms with Crippen LogP contribution in [0.2, 0.25) is 5.02 Å². The van der Waals surface area contributed by atoms with Crippen molar-refractivity contribution >= 4 is 40.4 Å². The van der Waals surface area contributed by atoms with Crippen LogP contribution in [0.1, 0.15) is 72.2 Å². The molecule has 1 saturated heterocycles. The number of carbonyl (C=O) groups is 1. The third kappa shape index (κ3) is 5.86. The number of aliphatic carboxylic acids is 1. The molecule has 1 fully saturated rings. The van der Waals surface area contributed by atoms with E-state index in [0.717, 1.165) is 41.3 Å². The number of hydrogen-bond donors (Lipinski definition) is 1. The van der Waals surface area contributed by atoms with Gasteiger partial charge in [0.1, 0.15) is 0 Å². The highest BCUT2D eigenvalue weighted by Gasteiger charge is 2.46. The second kappa shape index (κ2) is 11.8. The number of anilines is 1. The third-order valence-corrected chi connectivity index (χ3v) is 10.6. The van der Waals surface area contributed by atoms with Gasteiger partial charge < -0.3 is 14.6 Å².